The van der Waals surface area contributed by atoms with Crippen molar-refractivity contribution >= 4 is 12.4 Å². The van der Waals surface area contributed by atoms with Gasteiger partial charge in [0, 0.05) is 12.5 Å². The molecule has 0 amide bonds. The summed E-state index contributed by atoms with van der Waals surface area (Å²) in [4.78, 5) is 2.59. The molecule has 0 aliphatic carbocycles. The number of hydrogen-bond donors (Lipinski definition) is 0. The number of nitrogens with zero attached hydrogens (tertiary/aromatic N) is 1. The van der Waals surface area contributed by atoms with Crippen LogP contribution in [-0.2, 0) is 6.61 Å². The lowest BCUT2D eigenvalue weighted by Crippen LogP contribution is -2.23. The molecule has 4 heteroatoms. The second kappa shape index (κ2) is 11.9. The summed E-state index contributed by atoms with van der Waals surface area (Å²) < 4.78 is 11.8. The molecule has 27 heavy (non-hydrogen) atoms. The molecule has 0 bridgehead atoms. The van der Waals surface area contributed by atoms with E-state index in [2.05, 4.69) is 24.0 Å². The molecule has 2 aromatic rings. The van der Waals surface area contributed by atoms with E-state index in [0.717, 1.165) is 18.1 Å². The molecular formula is C23H32ClNO2. The summed E-state index contributed by atoms with van der Waals surface area (Å²) in [6.45, 7) is 7.33. The Morgan fingerprint density at radius 2 is 1.63 bits per heavy atom. The predicted molar refractivity (Wildman–Crippen MR) is 114 cm³/mol. The third kappa shape index (κ3) is 7.43. The minimum atomic E-state index is 0. The van der Waals surface area contributed by atoms with Crippen LogP contribution < -0.4 is 9.47 Å². The molecule has 1 aliphatic rings. The fraction of sp³-hybridized carbons (Fsp3) is 0.478. The molecule has 0 N–H and O–H groups in total. The van der Waals surface area contributed by atoms with Gasteiger partial charge >= 0.3 is 0 Å². The van der Waals surface area contributed by atoms with Gasteiger partial charge in [0.25, 0.3) is 0 Å². The Hall–Kier alpha value is -1.71. The Balaban J connectivity index is 0.00000261. The van der Waals surface area contributed by atoms with Crippen molar-refractivity contribution in [1.82, 2.24) is 4.90 Å². The Morgan fingerprint density at radius 3 is 2.33 bits per heavy atom. The third-order valence-corrected chi connectivity index (χ3v) is 5.01. The van der Waals surface area contributed by atoms with E-state index >= 15 is 0 Å². The Bertz CT molecular complexity index is 633. The monoisotopic (exact) mass is 389 g/mol. The highest BCUT2D eigenvalue weighted by Gasteiger charge is 2.22. The van der Waals surface area contributed by atoms with Crippen LogP contribution in [0.1, 0.15) is 38.2 Å². The Morgan fingerprint density at radius 1 is 0.926 bits per heavy atom. The highest BCUT2D eigenvalue weighted by Crippen LogP contribution is 2.22. The molecule has 1 saturated heterocycles. The molecule has 0 aromatic heterocycles. The van der Waals surface area contributed by atoms with E-state index in [1.807, 2.05) is 42.5 Å². The summed E-state index contributed by atoms with van der Waals surface area (Å²) in [5.74, 6) is 2.47. The lowest BCUT2D eigenvalue weighted by molar-refractivity contribution is 0.239. The molecule has 148 valence electrons. The first kappa shape index (κ1) is 21.6. The maximum atomic E-state index is 6.00. The minimum absolute atomic E-state index is 0. The maximum Gasteiger partial charge on any atom is 0.120 e. The summed E-state index contributed by atoms with van der Waals surface area (Å²) in [6.07, 6.45) is 5.22. The molecule has 0 saturated carbocycles. The lowest BCUT2D eigenvalue weighted by atomic mass is 10.1. The van der Waals surface area contributed by atoms with Crippen molar-refractivity contribution in [3.05, 3.63) is 60.2 Å². The molecule has 3 nitrogen and oxygen atoms in total. The van der Waals surface area contributed by atoms with E-state index in [-0.39, 0.29) is 12.4 Å². The van der Waals surface area contributed by atoms with Crippen molar-refractivity contribution in [3.8, 4) is 11.5 Å². The normalized spacial score (nSPS) is 16.7. The van der Waals surface area contributed by atoms with E-state index in [1.165, 1.54) is 50.9 Å². The summed E-state index contributed by atoms with van der Waals surface area (Å²) in [7, 11) is 0. The number of ether oxygens (including phenoxy) is 2. The maximum absolute atomic E-state index is 6.00. The second-order valence-electron chi connectivity index (χ2n) is 7.22. The van der Waals surface area contributed by atoms with Crippen LogP contribution in [-0.4, -0.2) is 31.1 Å². The van der Waals surface area contributed by atoms with Gasteiger partial charge in [-0.1, -0.05) is 50.1 Å². The molecule has 1 heterocycles. The zero-order chi connectivity index (χ0) is 18.0. The first-order valence-corrected chi connectivity index (χ1v) is 9.95. The molecule has 1 atom stereocenters. The van der Waals surface area contributed by atoms with E-state index in [4.69, 9.17) is 9.47 Å². The number of halogens is 1. The van der Waals surface area contributed by atoms with Crippen molar-refractivity contribution in [1.29, 1.82) is 0 Å². The number of benzene rings is 2. The zero-order valence-corrected chi connectivity index (χ0v) is 17.1. The van der Waals surface area contributed by atoms with E-state index in [0.29, 0.717) is 12.5 Å². The quantitative estimate of drug-likeness (QED) is 0.495. The van der Waals surface area contributed by atoms with Crippen LogP contribution in [0.25, 0.3) is 0 Å². The van der Waals surface area contributed by atoms with E-state index in [9.17, 15) is 0 Å². The van der Waals surface area contributed by atoms with Gasteiger partial charge in [-0.15, -0.1) is 12.4 Å². The summed E-state index contributed by atoms with van der Waals surface area (Å²) in [6, 6.07) is 18.2. The molecule has 0 radical (unpaired) electrons. The van der Waals surface area contributed by atoms with Crippen LogP contribution in [0.5, 0.6) is 11.5 Å². The summed E-state index contributed by atoms with van der Waals surface area (Å²) in [5.41, 5.74) is 1.18. The third-order valence-electron chi connectivity index (χ3n) is 5.01. The van der Waals surface area contributed by atoms with Crippen molar-refractivity contribution in [3.63, 3.8) is 0 Å². The van der Waals surface area contributed by atoms with Gasteiger partial charge in [-0.25, -0.2) is 0 Å². The van der Waals surface area contributed by atoms with Crippen molar-refractivity contribution in [2.45, 2.75) is 39.2 Å². The predicted octanol–water partition coefficient (Wildman–Crippen LogP) is 5.58. The van der Waals surface area contributed by atoms with Gasteiger partial charge in [0.2, 0.25) is 0 Å². The number of hydrogen-bond acceptors (Lipinski definition) is 3. The molecule has 0 spiro atoms. The average molecular weight is 390 g/mol. The first-order valence-electron chi connectivity index (χ1n) is 9.95. The zero-order valence-electron chi connectivity index (χ0n) is 16.3. The lowest BCUT2D eigenvalue weighted by Gasteiger charge is -2.16. The highest BCUT2D eigenvalue weighted by molar-refractivity contribution is 5.85. The van der Waals surface area contributed by atoms with E-state index < -0.39 is 0 Å². The van der Waals surface area contributed by atoms with Crippen LogP contribution in [0, 0.1) is 5.92 Å². The minimum Gasteiger partial charge on any atom is -0.493 e. The molecule has 2 aromatic carbocycles. The number of unbranched alkanes of at least 4 members (excludes halogenated alkanes) is 2. The van der Waals surface area contributed by atoms with Gasteiger partial charge in [0.1, 0.15) is 18.1 Å². The molecular weight excluding hydrogens is 358 g/mol. The van der Waals surface area contributed by atoms with Gasteiger partial charge < -0.3 is 14.4 Å². The van der Waals surface area contributed by atoms with Gasteiger partial charge in [0.15, 0.2) is 0 Å². The fourth-order valence-corrected chi connectivity index (χ4v) is 3.42. The van der Waals surface area contributed by atoms with Crippen molar-refractivity contribution in [2.75, 3.05) is 26.2 Å². The number of likely N-dealkylation sites (tertiary alicyclic amines) is 1. The average Bonchev–Trinajstić information content (AvgIpc) is 3.14. The first-order chi connectivity index (χ1) is 12.8. The van der Waals surface area contributed by atoms with Gasteiger partial charge in [0.05, 0.1) is 6.61 Å². The summed E-state index contributed by atoms with van der Waals surface area (Å²) in [5, 5.41) is 0. The van der Waals surface area contributed by atoms with Crippen LogP contribution in [0.2, 0.25) is 0 Å². The standard InChI is InChI=1S/C23H31NO2.ClH/c1-2-3-7-15-24-16-14-21(17-24)19-26-23-12-10-22(11-13-23)25-18-20-8-5-4-6-9-20;/h4-6,8-13,21H,2-3,7,14-19H2,1H3;1H. The molecule has 1 unspecified atom stereocenters. The fourth-order valence-electron chi connectivity index (χ4n) is 3.42. The van der Waals surface area contributed by atoms with Crippen LogP contribution in [0.3, 0.4) is 0 Å². The van der Waals surface area contributed by atoms with Crippen molar-refractivity contribution < 1.29 is 9.47 Å². The Kier molecular flexibility index (Phi) is 9.51. The topological polar surface area (TPSA) is 21.7 Å². The van der Waals surface area contributed by atoms with Crippen molar-refractivity contribution in [2.24, 2.45) is 5.92 Å². The summed E-state index contributed by atoms with van der Waals surface area (Å²) >= 11 is 0. The smallest absolute Gasteiger partial charge is 0.120 e. The largest absolute Gasteiger partial charge is 0.493 e. The van der Waals surface area contributed by atoms with Crippen LogP contribution in [0.4, 0.5) is 0 Å². The van der Waals surface area contributed by atoms with Crippen LogP contribution >= 0.6 is 12.4 Å². The van der Waals surface area contributed by atoms with Gasteiger partial charge in [-0.2, -0.15) is 0 Å². The van der Waals surface area contributed by atoms with Gasteiger partial charge in [-0.05, 0) is 55.8 Å². The van der Waals surface area contributed by atoms with Gasteiger partial charge in [-0.3, -0.25) is 0 Å². The molecule has 3 rings (SSSR count). The van der Waals surface area contributed by atoms with Crippen LogP contribution in [0.15, 0.2) is 54.6 Å². The second-order valence-corrected chi connectivity index (χ2v) is 7.22. The molecule has 1 fully saturated rings. The SMILES string of the molecule is CCCCCN1CCC(COc2ccc(OCc3ccccc3)cc2)C1.Cl. The van der Waals surface area contributed by atoms with E-state index in [1.54, 1.807) is 0 Å². The highest BCUT2D eigenvalue weighted by atomic mass is 35.5. The number of rotatable bonds is 10. The molecule has 1 aliphatic heterocycles. The Labute approximate surface area is 170 Å².